The van der Waals surface area contributed by atoms with Crippen molar-refractivity contribution in [2.45, 2.75) is 19.0 Å². The Morgan fingerprint density at radius 3 is 2.24 bits per heavy atom. The van der Waals surface area contributed by atoms with Gasteiger partial charge in [0, 0.05) is 23.5 Å². The number of hydrazine groups is 1. The molecule has 3 aromatic rings. The molecule has 1 heterocycles. The summed E-state index contributed by atoms with van der Waals surface area (Å²) in [5.74, 6) is -3.90. The van der Waals surface area contributed by atoms with Crippen LogP contribution in [-0.2, 0) is 0 Å². The molecule has 1 aromatic heterocycles. The Hall–Kier alpha value is -2.88. The fraction of sp³-hybridized carbons (Fsp3) is 0.136. The molecule has 1 amide bonds. The Bertz CT molecular complexity index is 1210. The van der Waals surface area contributed by atoms with Crippen molar-refractivity contribution in [3.63, 3.8) is 0 Å². The first kappa shape index (κ1) is 25.7. The van der Waals surface area contributed by atoms with Crippen LogP contribution < -0.4 is 10.9 Å². The van der Waals surface area contributed by atoms with Gasteiger partial charge in [0.15, 0.2) is 0 Å². The van der Waals surface area contributed by atoms with Crippen molar-refractivity contribution >= 4 is 52.5 Å². The molecule has 0 aliphatic rings. The van der Waals surface area contributed by atoms with Crippen LogP contribution in [0.1, 0.15) is 33.0 Å². The third-order valence-corrected chi connectivity index (χ3v) is 5.83. The number of carbonyl (C=O) groups excluding carboxylic acids is 1. The van der Waals surface area contributed by atoms with Crippen LogP contribution in [0, 0.1) is 6.92 Å². The van der Waals surface area contributed by atoms with Crippen LogP contribution in [0.25, 0.3) is 5.83 Å². The quantitative estimate of drug-likeness (QED) is 0.200. The van der Waals surface area contributed by atoms with Crippen LogP contribution in [0.15, 0.2) is 54.9 Å². The highest BCUT2D eigenvalue weighted by Gasteiger charge is 2.40. The van der Waals surface area contributed by atoms with Crippen LogP contribution in [0.4, 0.5) is 23.5 Å². The first-order chi connectivity index (χ1) is 16.0. The predicted molar refractivity (Wildman–Crippen MR) is 124 cm³/mol. The highest BCUT2D eigenvalue weighted by molar-refractivity contribution is 6.48. The molecule has 0 aliphatic carbocycles. The number of allylic oxidation sites excluding steroid dienone is 1. The van der Waals surface area contributed by atoms with E-state index in [1.165, 1.54) is 37.5 Å². The van der Waals surface area contributed by atoms with Crippen LogP contribution in [-0.4, -0.2) is 22.1 Å². The van der Waals surface area contributed by atoms with Crippen molar-refractivity contribution in [3.8, 4) is 0 Å². The number of hydrogen-bond acceptors (Lipinski definition) is 4. The Kier molecular flexibility index (Phi) is 8.01. The van der Waals surface area contributed by atoms with E-state index >= 15 is 0 Å². The Labute approximate surface area is 206 Å². The number of benzene rings is 2. The first-order valence-corrected chi connectivity index (χ1v) is 10.6. The van der Waals surface area contributed by atoms with Crippen molar-refractivity contribution in [1.82, 2.24) is 15.4 Å². The summed E-state index contributed by atoms with van der Waals surface area (Å²) in [6.07, 6.45) is -1.48. The van der Waals surface area contributed by atoms with Crippen LogP contribution in [0.3, 0.4) is 0 Å². The van der Waals surface area contributed by atoms with E-state index < -0.39 is 23.8 Å². The van der Waals surface area contributed by atoms with E-state index in [-0.39, 0.29) is 37.7 Å². The summed E-state index contributed by atoms with van der Waals surface area (Å²) in [6, 6.07) is 7.31. The second kappa shape index (κ2) is 10.6. The zero-order valence-corrected chi connectivity index (χ0v) is 19.5. The number of rotatable bonds is 6. The third-order valence-electron chi connectivity index (χ3n) is 4.63. The minimum absolute atomic E-state index is 0.102. The molecule has 178 valence electrons. The Morgan fingerprint density at radius 2 is 1.68 bits per heavy atom. The maximum atomic E-state index is 14.9. The summed E-state index contributed by atoms with van der Waals surface area (Å²) in [5, 5.41) is -0.476. The van der Waals surface area contributed by atoms with Gasteiger partial charge in [-0.2, -0.15) is 13.2 Å². The molecule has 1 unspecified atom stereocenters. The standard InChI is InChI=1S/C22H15Cl3F4N4O/c1-11-7-12(3-4-14(11)20(34)32-33-21-30-5-2-6-31-21)18(26)10-15(22(27,28)29)13-8-16(23)19(25)17(24)9-13/h2-10,15H,1H3,(H,32,34)(H,30,31,33). The number of nitrogens with one attached hydrogen (secondary N) is 2. The van der Waals surface area contributed by atoms with Crippen LogP contribution in [0.5, 0.6) is 0 Å². The van der Waals surface area contributed by atoms with Gasteiger partial charge in [-0.25, -0.2) is 14.4 Å². The highest BCUT2D eigenvalue weighted by atomic mass is 35.5. The summed E-state index contributed by atoms with van der Waals surface area (Å²) in [7, 11) is 0. The number of nitrogens with zero attached hydrogens (tertiary/aromatic N) is 2. The van der Waals surface area contributed by atoms with Crippen LogP contribution >= 0.6 is 34.8 Å². The lowest BCUT2D eigenvalue weighted by atomic mass is 9.95. The second-order valence-corrected chi connectivity index (χ2v) is 8.21. The van der Waals surface area contributed by atoms with E-state index in [9.17, 15) is 22.4 Å². The smallest absolute Gasteiger partial charge is 0.267 e. The fourth-order valence-corrected chi connectivity index (χ4v) is 3.60. The maximum absolute atomic E-state index is 14.9. The van der Waals surface area contributed by atoms with Gasteiger partial charge in [-0.1, -0.05) is 40.9 Å². The number of alkyl halides is 3. The zero-order chi connectivity index (χ0) is 25.0. The van der Waals surface area contributed by atoms with E-state index in [0.717, 1.165) is 12.1 Å². The van der Waals surface area contributed by atoms with Crippen molar-refractivity contribution in [2.24, 2.45) is 0 Å². The lowest BCUT2D eigenvalue weighted by Crippen LogP contribution is -2.30. The molecule has 0 fully saturated rings. The van der Waals surface area contributed by atoms with Crippen molar-refractivity contribution < 1.29 is 22.4 Å². The summed E-state index contributed by atoms with van der Waals surface area (Å²) in [4.78, 5) is 20.1. The second-order valence-electron chi connectivity index (χ2n) is 7.01. The molecule has 0 bridgehead atoms. The number of carbonyl (C=O) groups is 1. The molecule has 34 heavy (non-hydrogen) atoms. The van der Waals surface area contributed by atoms with Crippen LogP contribution in [0.2, 0.25) is 15.1 Å². The minimum Gasteiger partial charge on any atom is -0.267 e. The van der Waals surface area contributed by atoms with Gasteiger partial charge in [0.05, 0.1) is 15.1 Å². The Balaban J connectivity index is 1.86. The fourth-order valence-electron chi connectivity index (χ4n) is 2.99. The molecule has 0 aliphatic heterocycles. The molecule has 1 atom stereocenters. The summed E-state index contributed by atoms with van der Waals surface area (Å²) >= 11 is 17.5. The number of amides is 1. The molecule has 0 spiro atoms. The van der Waals surface area contributed by atoms with Gasteiger partial charge in [-0.05, 0) is 54.5 Å². The molecule has 2 N–H and O–H groups in total. The molecule has 0 saturated heterocycles. The summed E-state index contributed by atoms with van der Waals surface area (Å²) < 4.78 is 56.1. The largest absolute Gasteiger partial charge is 0.399 e. The third kappa shape index (κ3) is 6.16. The van der Waals surface area contributed by atoms with Crippen molar-refractivity contribution in [1.29, 1.82) is 0 Å². The normalized spacial score (nSPS) is 12.9. The van der Waals surface area contributed by atoms with Gasteiger partial charge in [-0.3, -0.25) is 15.6 Å². The molecule has 12 heteroatoms. The van der Waals surface area contributed by atoms with Gasteiger partial charge in [0.2, 0.25) is 5.95 Å². The Morgan fingerprint density at radius 1 is 1.06 bits per heavy atom. The van der Waals surface area contributed by atoms with Gasteiger partial charge in [0.1, 0.15) is 11.7 Å². The molecule has 2 aromatic carbocycles. The van der Waals surface area contributed by atoms with Crippen molar-refractivity contribution in [2.75, 3.05) is 5.43 Å². The lowest BCUT2D eigenvalue weighted by molar-refractivity contribution is -0.139. The van der Waals surface area contributed by atoms with E-state index in [1.54, 1.807) is 6.07 Å². The predicted octanol–water partition coefficient (Wildman–Crippen LogP) is 7.16. The number of aryl methyl sites for hydroxylation is 1. The molecule has 3 rings (SSSR count). The SMILES string of the molecule is Cc1cc(C(F)=CC(c2cc(Cl)c(Cl)c(Cl)c2)C(F)(F)F)ccc1C(=O)NNc1ncccn1. The van der Waals surface area contributed by atoms with Gasteiger partial charge < -0.3 is 0 Å². The average Bonchev–Trinajstić information content (AvgIpc) is 2.78. The van der Waals surface area contributed by atoms with Gasteiger partial charge in [0.25, 0.3) is 5.91 Å². The minimum atomic E-state index is -4.84. The maximum Gasteiger partial charge on any atom is 0.399 e. The summed E-state index contributed by atoms with van der Waals surface area (Å²) in [6.45, 7) is 1.52. The first-order valence-electron chi connectivity index (χ1n) is 9.50. The number of anilines is 1. The van der Waals surface area contributed by atoms with E-state index in [4.69, 9.17) is 34.8 Å². The van der Waals surface area contributed by atoms with Gasteiger partial charge in [-0.15, -0.1) is 0 Å². The summed E-state index contributed by atoms with van der Waals surface area (Å²) in [5.41, 5.74) is 4.89. The van der Waals surface area contributed by atoms with Gasteiger partial charge >= 0.3 is 6.18 Å². The number of hydrogen-bond donors (Lipinski definition) is 2. The molecular formula is C22H15Cl3F4N4O. The topological polar surface area (TPSA) is 66.9 Å². The van der Waals surface area contributed by atoms with E-state index in [2.05, 4.69) is 20.8 Å². The zero-order valence-electron chi connectivity index (χ0n) is 17.2. The molecule has 5 nitrogen and oxygen atoms in total. The molecule has 0 radical (unpaired) electrons. The molecule has 0 saturated carbocycles. The monoisotopic (exact) mass is 532 g/mol. The van der Waals surface area contributed by atoms with Crippen molar-refractivity contribution in [3.05, 3.63) is 92.2 Å². The number of halogens is 7. The van der Waals surface area contributed by atoms with E-state index in [0.29, 0.717) is 11.6 Å². The highest BCUT2D eigenvalue weighted by Crippen LogP contribution is 2.42. The average molecular weight is 534 g/mol. The lowest BCUT2D eigenvalue weighted by Gasteiger charge is -2.19. The molecular weight excluding hydrogens is 519 g/mol. The van der Waals surface area contributed by atoms with E-state index in [1.807, 2.05) is 0 Å². The number of aromatic nitrogens is 2.